The highest BCUT2D eigenvalue weighted by Crippen LogP contribution is 2.50. The van der Waals surface area contributed by atoms with E-state index < -0.39 is 0 Å². The van der Waals surface area contributed by atoms with Gasteiger partial charge in [0, 0.05) is 54.9 Å². The number of hydrogen-bond donors (Lipinski definition) is 1. The monoisotopic (exact) mass is 441 g/mol. The predicted octanol–water partition coefficient (Wildman–Crippen LogP) is 5.19. The highest BCUT2D eigenvalue weighted by Gasteiger charge is 2.43. The van der Waals surface area contributed by atoms with E-state index in [0.29, 0.717) is 5.95 Å². The smallest absolute Gasteiger partial charge is 0.227 e. The Morgan fingerprint density at radius 2 is 1.64 bits per heavy atom. The van der Waals surface area contributed by atoms with Crippen molar-refractivity contribution in [2.24, 2.45) is 0 Å². The summed E-state index contributed by atoms with van der Waals surface area (Å²) in [5, 5.41) is 3.43. The average molecular weight is 442 g/mol. The Balaban J connectivity index is 1.28. The lowest BCUT2D eigenvalue weighted by Gasteiger charge is -2.41. The maximum Gasteiger partial charge on any atom is 0.227 e. The van der Waals surface area contributed by atoms with Gasteiger partial charge in [-0.25, -0.2) is 9.97 Å². The molecular weight excluding hydrogens is 410 g/mol. The van der Waals surface area contributed by atoms with Crippen molar-refractivity contribution in [2.45, 2.75) is 37.7 Å². The fourth-order valence-corrected chi connectivity index (χ4v) is 5.43. The number of piperazine rings is 1. The third kappa shape index (κ3) is 3.82. The van der Waals surface area contributed by atoms with Crippen molar-refractivity contribution in [3.05, 3.63) is 60.4 Å². The number of nitrogens with zero attached hydrogens (tertiary/aromatic N) is 4. The zero-order valence-corrected chi connectivity index (χ0v) is 19.3. The van der Waals surface area contributed by atoms with E-state index in [-0.39, 0.29) is 5.60 Å². The number of likely N-dealkylation sites (N-methyl/N-ethyl adjacent to an activating group) is 1. The first kappa shape index (κ1) is 20.5. The van der Waals surface area contributed by atoms with Crippen LogP contribution in [0.4, 0.5) is 17.3 Å². The number of hydrogen-bond acceptors (Lipinski definition) is 6. The van der Waals surface area contributed by atoms with Gasteiger partial charge >= 0.3 is 0 Å². The van der Waals surface area contributed by atoms with E-state index in [1.807, 2.05) is 12.3 Å². The maximum atomic E-state index is 6.66. The van der Waals surface area contributed by atoms with Crippen LogP contribution in [0.25, 0.3) is 11.1 Å². The summed E-state index contributed by atoms with van der Waals surface area (Å²) >= 11 is 0. The van der Waals surface area contributed by atoms with Crippen LogP contribution in [0.2, 0.25) is 0 Å². The summed E-state index contributed by atoms with van der Waals surface area (Å²) in [5.74, 6) is 1.59. The van der Waals surface area contributed by atoms with Crippen molar-refractivity contribution in [1.82, 2.24) is 14.9 Å². The summed E-state index contributed by atoms with van der Waals surface area (Å²) in [4.78, 5) is 14.6. The topological polar surface area (TPSA) is 53.5 Å². The van der Waals surface area contributed by atoms with E-state index in [0.717, 1.165) is 67.3 Å². The second-order valence-electron chi connectivity index (χ2n) is 9.57. The molecule has 33 heavy (non-hydrogen) atoms. The lowest BCUT2D eigenvalue weighted by Crippen LogP contribution is -2.44. The highest BCUT2D eigenvalue weighted by molar-refractivity contribution is 5.75. The molecule has 1 spiro atoms. The molecule has 3 heterocycles. The Morgan fingerprint density at radius 1 is 0.879 bits per heavy atom. The molecule has 2 fully saturated rings. The van der Waals surface area contributed by atoms with Gasteiger partial charge in [0.05, 0.1) is 5.69 Å². The number of para-hydroxylation sites is 1. The molecule has 0 radical (unpaired) electrons. The molecule has 6 rings (SSSR count). The lowest BCUT2D eigenvalue weighted by atomic mass is 9.78. The molecule has 1 saturated heterocycles. The van der Waals surface area contributed by atoms with Gasteiger partial charge in [0.1, 0.15) is 5.75 Å². The summed E-state index contributed by atoms with van der Waals surface area (Å²) in [6.45, 7) is 4.35. The molecule has 1 N–H and O–H groups in total. The SMILES string of the molecule is CN1CCN(c2ccc(Nc3ncc4c(n3)C3(CCCCC3)Oc3ccccc3-4)cc2)CC1. The van der Waals surface area contributed by atoms with Gasteiger partial charge < -0.3 is 19.9 Å². The quantitative estimate of drug-likeness (QED) is 0.604. The largest absolute Gasteiger partial charge is 0.480 e. The van der Waals surface area contributed by atoms with Crippen LogP contribution in [0.15, 0.2) is 54.7 Å². The van der Waals surface area contributed by atoms with E-state index in [1.165, 1.54) is 24.9 Å². The molecule has 2 aromatic carbocycles. The standard InChI is InChI=1S/C27H31N5O/c1-31-15-17-32(18-16-31)21-11-9-20(10-12-21)29-26-28-19-23-22-7-3-4-8-24(22)33-27(25(23)30-26)13-5-2-6-14-27/h3-4,7-12,19H,2,5-6,13-18H2,1H3,(H,28,29,30). The second kappa shape index (κ2) is 8.34. The van der Waals surface area contributed by atoms with Crippen LogP contribution in [0.1, 0.15) is 37.8 Å². The molecule has 6 heteroatoms. The van der Waals surface area contributed by atoms with Gasteiger partial charge in [0.15, 0.2) is 5.60 Å². The van der Waals surface area contributed by atoms with Crippen LogP contribution in [-0.2, 0) is 5.60 Å². The van der Waals surface area contributed by atoms with Crippen molar-refractivity contribution in [3.8, 4) is 16.9 Å². The van der Waals surface area contributed by atoms with Gasteiger partial charge in [-0.05, 0) is 63.1 Å². The number of rotatable bonds is 3. The third-order valence-electron chi connectivity index (χ3n) is 7.36. The van der Waals surface area contributed by atoms with Crippen molar-refractivity contribution in [2.75, 3.05) is 43.4 Å². The lowest BCUT2D eigenvalue weighted by molar-refractivity contribution is 0.0198. The first-order valence-electron chi connectivity index (χ1n) is 12.2. The highest BCUT2D eigenvalue weighted by atomic mass is 16.5. The van der Waals surface area contributed by atoms with Crippen LogP contribution in [0.3, 0.4) is 0 Å². The number of nitrogens with one attached hydrogen (secondary N) is 1. The van der Waals surface area contributed by atoms with Crippen LogP contribution in [0, 0.1) is 0 Å². The third-order valence-corrected chi connectivity index (χ3v) is 7.36. The Hall–Kier alpha value is -3.12. The number of aromatic nitrogens is 2. The van der Waals surface area contributed by atoms with Crippen LogP contribution >= 0.6 is 0 Å². The number of anilines is 3. The molecule has 0 atom stereocenters. The summed E-state index contributed by atoms with van der Waals surface area (Å²) in [5.41, 5.74) is 5.16. The molecule has 6 nitrogen and oxygen atoms in total. The van der Waals surface area contributed by atoms with Gasteiger partial charge in [0.2, 0.25) is 5.95 Å². The van der Waals surface area contributed by atoms with Gasteiger partial charge in [-0.3, -0.25) is 0 Å². The fraction of sp³-hybridized carbons (Fsp3) is 0.407. The average Bonchev–Trinajstić information content (AvgIpc) is 2.86. The minimum atomic E-state index is -0.341. The molecule has 1 aliphatic carbocycles. The van der Waals surface area contributed by atoms with E-state index in [9.17, 15) is 0 Å². The molecular formula is C27H31N5O. The van der Waals surface area contributed by atoms with E-state index in [1.54, 1.807) is 0 Å². The van der Waals surface area contributed by atoms with Crippen LogP contribution in [-0.4, -0.2) is 48.1 Å². The normalized spacial score (nSPS) is 19.5. The minimum absolute atomic E-state index is 0.341. The molecule has 1 saturated carbocycles. The first-order valence-corrected chi connectivity index (χ1v) is 12.2. The molecule has 0 amide bonds. The van der Waals surface area contributed by atoms with Crippen LogP contribution in [0.5, 0.6) is 5.75 Å². The number of benzene rings is 2. The van der Waals surface area contributed by atoms with Crippen molar-refractivity contribution < 1.29 is 4.74 Å². The van der Waals surface area contributed by atoms with E-state index >= 15 is 0 Å². The summed E-state index contributed by atoms with van der Waals surface area (Å²) in [6, 6.07) is 16.9. The first-order chi connectivity index (χ1) is 16.2. The fourth-order valence-electron chi connectivity index (χ4n) is 5.43. The Bertz CT molecular complexity index is 1130. The molecule has 2 aliphatic heterocycles. The number of ether oxygens (including phenoxy) is 1. The molecule has 170 valence electrons. The van der Waals surface area contributed by atoms with Gasteiger partial charge in [-0.15, -0.1) is 0 Å². The number of fused-ring (bicyclic) bond motifs is 4. The van der Waals surface area contributed by atoms with Crippen LogP contribution < -0.4 is 15.0 Å². The minimum Gasteiger partial charge on any atom is -0.480 e. The predicted molar refractivity (Wildman–Crippen MR) is 132 cm³/mol. The van der Waals surface area contributed by atoms with E-state index in [2.05, 4.69) is 64.6 Å². The molecule has 3 aromatic rings. The Morgan fingerprint density at radius 3 is 2.42 bits per heavy atom. The Labute approximate surface area is 195 Å². The van der Waals surface area contributed by atoms with E-state index in [4.69, 9.17) is 14.7 Å². The van der Waals surface area contributed by atoms with Crippen molar-refractivity contribution >= 4 is 17.3 Å². The molecule has 1 aromatic heterocycles. The molecule has 0 unspecified atom stereocenters. The molecule has 0 bridgehead atoms. The zero-order valence-electron chi connectivity index (χ0n) is 19.3. The summed E-state index contributed by atoms with van der Waals surface area (Å²) in [7, 11) is 2.18. The zero-order chi connectivity index (χ0) is 22.3. The second-order valence-corrected chi connectivity index (χ2v) is 9.57. The summed E-state index contributed by atoms with van der Waals surface area (Å²) < 4.78 is 6.66. The summed E-state index contributed by atoms with van der Waals surface area (Å²) in [6.07, 6.45) is 7.58. The van der Waals surface area contributed by atoms with Gasteiger partial charge in [-0.1, -0.05) is 24.6 Å². The molecule has 3 aliphatic rings. The van der Waals surface area contributed by atoms with Gasteiger partial charge in [0.25, 0.3) is 0 Å². The van der Waals surface area contributed by atoms with Crippen molar-refractivity contribution in [1.29, 1.82) is 0 Å². The Kier molecular flexibility index (Phi) is 5.18. The van der Waals surface area contributed by atoms with Crippen molar-refractivity contribution in [3.63, 3.8) is 0 Å². The maximum absolute atomic E-state index is 6.66. The van der Waals surface area contributed by atoms with Gasteiger partial charge in [-0.2, -0.15) is 0 Å².